The van der Waals surface area contributed by atoms with Crippen LogP contribution in [0.3, 0.4) is 0 Å². The standard InChI is InChI=1S/C28H26F8N6/c1-26(2,20-11-14(41(3)4)9-18(37-20)16-7-8-23(29)40-25(16)30)21-12-15(42(5)6)10-19(38-21)24-17(27(31,32)33)13-22(39-24)28(34,35)36/h7-13,39H,1-6H3. The number of H-pyrrole nitrogens is 1. The minimum Gasteiger partial charge on any atom is -0.378 e. The minimum atomic E-state index is -5.11. The molecule has 0 bridgehead atoms. The van der Waals surface area contributed by atoms with Gasteiger partial charge in [-0.3, -0.25) is 9.97 Å². The molecule has 0 spiro atoms. The van der Waals surface area contributed by atoms with Gasteiger partial charge in [-0.25, -0.2) is 0 Å². The number of anilines is 2. The monoisotopic (exact) mass is 598 g/mol. The highest BCUT2D eigenvalue weighted by atomic mass is 19.4. The number of rotatable bonds is 6. The van der Waals surface area contributed by atoms with Crippen LogP contribution in [-0.2, 0) is 17.8 Å². The van der Waals surface area contributed by atoms with E-state index in [1.54, 1.807) is 70.0 Å². The van der Waals surface area contributed by atoms with Crippen LogP contribution in [0.5, 0.6) is 0 Å². The lowest BCUT2D eigenvalue weighted by molar-refractivity contribution is -0.142. The SMILES string of the molecule is CN(C)c1cc(-c2ccc(F)nc2F)nc(C(C)(C)c2cc(N(C)C)cc(-c3[nH]c(C(F)(F)F)cc3C(F)(F)F)n2)c1. The Morgan fingerprint density at radius 3 is 1.67 bits per heavy atom. The number of nitrogens with one attached hydrogen (secondary N) is 1. The molecule has 4 aromatic heterocycles. The van der Waals surface area contributed by atoms with E-state index < -0.39 is 46.6 Å². The molecule has 0 aliphatic carbocycles. The van der Waals surface area contributed by atoms with Crippen molar-refractivity contribution >= 4 is 11.4 Å². The third-order valence-electron chi connectivity index (χ3n) is 6.71. The van der Waals surface area contributed by atoms with Crippen molar-refractivity contribution < 1.29 is 35.1 Å². The summed E-state index contributed by atoms with van der Waals surface area (Å²) in [5, 5.41) is 0. The summed E-state index contributed by atoms with van der Waals surface area (Å²) in [4.78, 5) is 17.3. The summed E-state index contributed by atoms with van der Waals surface area (Å²) in [7, 11) is 6.67. The van der Waals surface area contributed by atoms with E-state index in [4.69, 9.17) is 0 Å². The molecule has 0 saturated carbocycles. The Hall–Kier alpha value is -4.23. The van der Waals surface area contributed by atoms with E-state index in [2.05, 4.69) is 15.0 Å². The molecular weight excluding hydrogens is 572 g/mol. The van der Waals surface area contributed by atoms with E-state index in [1.165, 1.54) is 12.1 Å². The number of pyridine rings is 3. The first-order valence-electron chi connectivity index (χ1n) is 12.4. The van der Waals surface area contributed by atoms with Crippen molar-refractivity contribution in [2.45, 2.75) is 31.6 Å². The van der Waals surface area contributed by atoms with Gasteiger partial charge in [0.1, 0.15) is 5.69 Å². The van der Waals surface area contributed by atoms with Crippen LogP contribution in [-0.4, -0.2) is 48.1 Å². The van der Waals surface area contributed by atoms with Crippen molar-refractivity contribution in [1.29, 1.82) is 0 Å². The third kappa shape index (κ3) is 6.02. The molecule has 0 radical (unpaired) electrons. The molecule has 0 aliphatic rings. The largest absolute Gasteiger partial charge is 0.431 e. The van der Waals surface area contributed by atoms with Crippen LogP contribution in [0, 0.1) is 11.9 Å². The number of hydrogen-bond donors (Lipinski definition) is 1. The lowest BCUT2D eigenvalue weighted by Crippen LogP contribution is -2.25. The van der Waals surface area contributed by atoms with Crippen LogP contribution in [0.4, 0.5) is 46.5 Å². The highest BCUT2D eigenvalue weighted by Crippen LogP contribution is 2.43. The Morgan fingerprint density at radius 2 is 1.19 bits per heavy atom. The highest BCUT2D eigenvalue weighted by Gasteiger charge is 2.42. The van der Waals surface area contributed by atoms with Crippen molar-refractivity contribution in [2.75, 3.05) is 38.0 Å². The topological polar surface area (TPSA) is 60.9 Å². The summed E-state index contributed by atoms with van der Waals surface area (Å²) in [6, 6.07) is 8.22. The summed E-state index contributed by atoms with van der Waals surface area (Å²) in [5.74, 6) is -2.11. The maximum absolute atomic E-state index is 14.6. The van der Waals surface area contributed by atoms with E-state index in [0.717, 1.165) is 6.07 Å². The van der Waals surface area contributed by atoms with Crippen molar-refractivity contribution in [3.63, 3.8) is 0 Å². The van der Waals surface area contributed by atoms with Gasteiger partial charge in [-0.1, -0.05) is 0 Å². The zero-order valence-corrected chi connectivity index (χ0v) is 23.3. The Bertz CT molecular complexity index is 1620. The third-order valence-corrected chi connectivity index (χ3v) is 6.71. The Labute approximate surface area is 236 Å². The molecular formula is C28H26F8N6. The fourth-order valence-corrected chi connectivity index (χ4v) is 4.22. The van der Waals surface area contributed by atoms with Gasteiger partial charge >= 0.3 is 12.4 Å². The zero-order valence-electron chi connectivity index (χ0n) is 23.3. The fourth-order valence-electron chi connectivity index (χ4n) is 4.22. The van der Waals surface area contributed by atoms with E-state index in [1.807, 2.05) is 4.98 Å². The van der Waals surface area contributed by atoms with Crippen molar-refractivity contribution in [2.24, 2.45) is 0 Å². The second-order valence-corrected chi connectivity index (χ2v) is 10.5. The van der Waals surface area contributed by atoms with E-state index in [9.17, 15) is 35.1 Å². The van der Waals surface area contributed by atoms with Gasteiger partial charge in [0.15, 0.2) is 0 Å². The summed E-state index contributed by atoms with van der Waals surface area (Å²) in [5.41, 5.74) is -4.05. The van der Waals surface area contributed by atoms with E-state index in [-0.39, 0.29) is 28.7 Å². The summed E-state index contributed by atoms with van der Waals surface area (Å²) in [6.07, 6.45) is -10.2. The molecule has 1 N–H and O–H groups in total. The average Bonchev–Trinajstić information content (AvgIpc) is 3.35. The lowest BCUT2D eigenvalue weighted by Gasteiger charge is -2.28. The molecule has 0 fully saturated rings. The quantitative estimate of drug-likeness (QED) is 0.186. The summed E-state index contributed by atoms with van der Waals surface area (Å²) in [6.45, 7) is 3.34. The van der Waals surface area contributed by atoms with Gasteiger partial charge in [0, 0.05) is 45.0 Å². The molecule has 14 heteroatoms. The highest BCUT2D eigenvalue weighted by molar-refractivity contribution is 5.69. The Kier molecular flexibility index (Phi) is 7.72. The molecule has 4 aromatic rings. The molecule has 0 amide bonds. The van der Waals surface area contributed by atoms with Gasteiger partial charge in [-0.15, -0.1) is 0 Å². The molecule has 6 nitrogen and oxygen atoms in total. The zero-order chi connectivity index (χ0) is 31.4. The van der Waals surface area contributed by atoms with Gasteiger partial charge in [0.25, 0.3) is 0 Å². The number of hydrogen-bond acceptors (Lipinski definition) is 5. The Morgan fingerprint density at radius 1 is 0.667 bits per heavy atom. The number of aromatic amines is 1. The number of alkyl halides is 6. The van der Waals surface area contributed by atoms with Crippen LogP contribution in [0.2, 0.25) is 0 Å². The van der Waals surface area contributed by atoms with Crippen molar-refractivity contribution in [3.8, 4) is 22.6 Å². The van der Waals surface area contributed by atoms with Crippen molar-refractivity contribution in [1.82, 2.24) is 19.9 Å². The summed E-state index contributed by atoms with van der Waals surface area (Å²) >= 11 is 0. The predicted molar refractivity (Wildman–Crippen MR) is 142 cm³/mol. The molecule has 0 atom stereocenters. The van der Waals surface area contributed by atoms with Crippen LogP contribution < -0.4 is 9.80 Å². The molecule has 0 saturated heterocycles. The van der Waals surface area contributed by atoms with E-state index >= 15 is 0 Å². The van der Waals surface area contributed by atoms with E-state index in [0.29, 0.717) is 17.1 Å². The van der Waals surface area contributed by atoms with Crippen LogP contribution in [0.25, 0.3) is 22.6 Å². The first-order valence-corrected chi connectivity index (χ1v) is 12.4. The second-order valence-electron chi connectivity index (χ2n) is 10.5. The average molecular weight is 599 g/mol. The number of nitrogens with zero attached hydrogens (tertiary/aromatic N) is 5. The molecule has 4 rings (SSSR count). The van der Waals surface area contributed by atoms with Crippen LogP contribution in [0.1, 0.15) is 36.5 Å². The van der Waals surface area contributed by atoms with Gasteiger partial charge in [0.05, 0.1) is 39.6 Å². The normalized spacial score (nSPS) is 12.5. The minimum absolute atomic E-state index is 0.0177. The lowest BCUT2D eigenvalue weighted by atomic mass is 9.83. The van der Waals surface area contributed by atoms with Crippen LogP contribution >= 0.6 is 0 Å². The molecule has 0 aliphatic heterocycles. The fraction of sp³-hybridized carbons (Fsp3) is 0.321. The molecule has 224 valence electrons. The molecule has 4 heterocycles. The second kappa shape index (κ2) is 10.6. The first kappa shape index (κ1) is 30.7. The van der Waals surface area contributed by atoms with Gasteiger partial charge in [-0.05, 0) is 56.3 Å². The summed E-state index contributed by atoms with van der Waals surface area (Å²) < 4.78 is 110. The first-order chi connectivity index (χ1) is 19.3. The maximum atomic E-state index is 14.6. The molecule has 0 unspecified atom stereocenters. The molecule has 42 heavy (non-hydrogen) atoms. The number of halogens is 8. The predicted octanol–water partition coefficient (Wildman–Crippen LogP) is 7.31. The van der Waals surface area contributed by atoms with Gasteiger partial charge in [0.2, 0.25) is 11.9 Å². The Balaban J connectivity index is 1.96. The van der Waals surface area contributed by atoms with Crippen molar-refractivity contribution in [3.05, 3.63) is 77.0 Å². The van der Waals surface area contributed by atoms with Gasteiger partial charge in [-0.2, -0.15) is 40.1 Å². The van der Waals surface area contributed by atoms with Gasteiger partial charge < -0.3 is 14.8 Å². The molecule has 0 aromatic carbocycles. The van der Waals surface area contributed by atoms with Crippen LogP contribution in [0.15, 0.2) is 42.5 Å². The maximum Gasteiger partial charge on any atom is 0.431 e. The number of aromatic nitrogens is 4. The smallest absolute Gasteiger partial charge is 0.378 e.